The van der Waals surface area contributed by atoms with Crippen LogP contribution in [0.2, 0.25) is 0 Å². The number of amides is 2. The number of nitrogens with one attached hydrogen (secondary N) is 1. The summed E-state index contributed by atoms with van der Waals surface area (Å²) in [5, 5.41) is 20.3. The van der Waals surface area contributed by atoms with Gasteiger partial charge in [-0.2, -0.15) is 0 Å². The number of aliphatic hydroxyl groups excluding tert-OH is 1. The van der Waals surface area contributed by atoms with E-state index in [1.807, 2.05) is 6.92 Å². The summed E-state index contributed by atoms with van der Waals surface area (Å²) in [5.41, 5.74) is 0.559. The zero-order valence-electron chi connectivity index (χ0n) is 10.8. The summed E-state index contributed by atoms with van der Waals surface area (Å²) in [6.45, 7) is 2.84. The zero-order chi connectivity index (χ0) is 14.3. The molecule has 2 amide bonds. The van der Waals surface area contributed by atoms with Gasteiger partial charge in [-0.1, -0.05) is 6.07 Å². The van der Waals surface area contributed by atoms with Crippen LogP contribution in [0.4, 0.5) is 10.5 Å². The number of hydrogen-bond acceptors (Lipinski definition) is 3. The number of carbonyl (C=O) groups is 2. The molecule has 0 saturated heterocycles. The molecule has 0 spiro atoms. The van der Waals surface area contributed by atoms with E-state index in [2.05, 4.69) is 5.32 Å². The highest BCUT2D eigenvalue weighted by Gasteiger charge is 2.12. The SMILES string of the molecule is CCN(CCCO)C(=O)Nc1cccc(C(=O)O)c1. The largest absolute Gasteiger partial charge is 0.478 e. The van der Waals surface area contributed by atoms with Crippen LogP contribution in [0.3, 0.4) is 0 Å². The minimum absolute atomic E-state index is 0.0261. The third kappa shape index (κ3) is 4.59. The van der Waals surface area contributed by atoms with Crippen molar-refractivity contribution in [2.75, 3.05) is 25.0 Å². The van der Waals surface area contributed by atoms with Gasteiger partial charge in [0.05, 0.1) is 5.56 Å². The maximum atomic E-state index is 11.9. The summed E-state index contributed by atoms with van der Waals surface area (Å²) >= 11 is 0. The number of nitrogens with zero attached hydrogens (tertiary/aromatic N) is 1. The summed E-state index contributed by atoms with van der Waals surface area (Å²) in [4.78, 5) is 24.3. The summed E-state index contributed by atoms with van der Waals surface area (Å²) in [6, 6.07) is 5.76. The standard InChI is InChI=1S/C13H18N2O4/c1-2-15(7-4-8-16)13(19)14-11-6-3-5-10(9-11)12(17)18/h3,5-6,9,16H,2,4,7-8H2,1H3,(H,14,19)(H,17,18). The van der Waals surface area contributed by atoms with Crippen LogP contribution in [-0.4, -0.2) is 46.8 Å². The molecule has 0 aliphatic carbocycles. The van der Waals surface area contributed by atoms with Gasteiger partial charge in [0.1, 0.15) is 0 Å². The van der Waals surface area contributed by atoms with Gasteiger partial charge in [-0.25, -0.2) is 9.59 Å². The number of hydrogen-bond donors (Lipinski definition) is 3. The smallest absolute Gasteiger partial charge is 0.335 e. The van der Waals surface area contributed by atoms with E-state index < -0.39 is 5.97 Å². The Balaban J connectivity index is 2.69. The summed E-state index contributed by atoms with van der Waals surface area (Å²) in [6.07, 6.45) is 0.510. The van der Waals surface area contributed by atoms with Crippen LogP contribution >= 0.6 is 0 Å². The second-order valence-electron chi connectivity index (χ2n) is 3.97. The molecule has 0 bridgehead atoms. The first-order valence-corrected chi connectivity index (χ1v) is 6.08. The Morgan fingerprint density at radius 2 is 2.11 bits per heavy atom. The molecule has 104 valence electrons. The summed E-state index contributed by atoms with van der Waals surface area (Å²) < 4.78 is 0. The molecule has 1 aromatic rings. The van der Waals surface area contributed by atoms with Crippen LogP contribution in [0, 0.1) is 0 Å². The highest BCUT2D eigenvalue weighted by molar-refractivity contribution is 5.93. The molecule has 1 aromatic carbocycles. The monoisotopic (exact) mass is 266 g/mol. The van der Waals surface area contributed by atoms with Crippen molar-refractivity contribution in [3.63, 3.8) is 0 Å². The number of aliphatic hydroxyl groups is 1. The first-order valence-electron chi connectivity index (χ1n) is 6.08. The van der Waals surface area contributed by atoms with Crippen LogP contribution < -0.4 is 5.32 Å². The summed E-state index contributed by atoms with van der Waals surface area (Å²) in [7, 11) is 0. The Morgan fingerprint density at radius 3 is 2.68 bits per heavy atom. The van der Waals surface area contributed by atoms with E-state index in [-0.39, 0.29) is 18.2 Å². The fraction of sp³-hybridized carbons (Fsp3) is 0.385. The number of carbonyl (C=O) groups excluding carboxylic acids is 1. The van der Waals surface area contributed by atoms with Crippen molar-refractivity contribution in [1.82, 2.24) is 4.90 Å². The second-order valence-corrected chi connectivity index (χ2v) is 3.97. The molecule has 6 heteroatoms. The summed E-state index contributed by atoms with van der Waals surface area (Å²) in [5.74, 6) is -1.04. The average molecular weight is 266 g/mol. The lowest BCUT2D eigenvalue weighted by Gasteiger charge is -2.21. The third-order valence-corrected chi connectivity index (χ3v) is 2.62. The van der Waals surface area contributed by atoms with E-state index in [9.17, 15) is 9.59 Å². The predicted octanol–water partition coefficient (Wildman–Crippen LogP) is 1.62. The molecule has 19 heavy (non-hydrogen) atoms. The van der Waals surface area contributed by atoms with Crippen molar-refractivity contribution in [3.8, 4) is 0 Å². The molecule has 0 aliphatic rings. The molecule has 0 aliphatic heterocycles. The average Bonchev–Trinajstić information content (AvgIpc) is 2.40. The van der Waals surface area contributed by atoms with Crippen LogP contribution in [0.5, 0.6) is 0 Å². The molecule has 0 heterocycles. The predicted molar refractivity (Wildman–Crippen MR) is 71.4 cm³/mol. The van der Waals surface area contributed by atoms with E-state index >= 15 is 0 Å². The normalized spacial score (nSPS) is 10.0. The van der Waals surface area contributed by atoms with E-state index in [1.165, 1.54) is 12.1 Å². The van der Waals surface area contributed by atoms with E-state index in [4.69, 9.17) is 10.2 Å². The van der Waals surface area contributed by atoms with Crippen LogP contribution in [-0.2, 0) is 0 Å². The lowest BCUT2D eigenvalue weighted by atomic mass is 10.2. The number of carboxylic acids is 1. The highest BCUT2D eigenvalue weighted by atomic mass is 16.4. The quantitative estimate of drug-likeness (QED) is 0.729. The van der Waals surface area contributed by atoms with Crippen molar-refractivity contribution in [2.45, 2.75) is 13.3 Å². The van der Waals surface area contributed by atoms with Gasteiger partial charge in [-0.05, 0) is 31.5 Å². The van der Waals surface area contributed by atoms with Crippen molar-refractivity contribution >= 4 is 17.7 Å². The lowest BCUT2D eigenvalue weighted by molar-refractivity contribution is 0.0697. The Labute approximate surface area is 111 Å². The van der Waals surface area contributed by atoms with Gasteiger partial charge in [0.25, 0.3) is 0 Å². The molecular formula is C13H18N2O4. The minimum atomic E-state index is -1.04. The molecule has 0 saturated carbocycles. The lowest BCUT2D eigenvalue weighted by Crippen LogP contribution is -2.35. The van der Waals surface area contributed by atoms with Gasteiger partial charge >= 0.3 is 12.0 Å². The van der Waals surface area contributed by atoms with Crippen molar-refractivity contribution in [2.24, 2.45) is 0 Å². The number of carboxylic acid groups (broad SMARTS) is 1. The Bertz CT molecular complexity index is 448. The second kappa shape index (κ2) is 7.38. The molecule has 3 N–H and O–H groups in total. The van der Waals surface area contributed by atoms with Crippen molar-refractivity contribution in [1.29, 1.82) is 0 Å². The molecule has 1 rings (SSSR count). The van der Waals surface area contributed by atoms with Crippen LogP contribution in [0.25, 0.3) is 0 Å². The van der Waals surface area contributed by atoms with Crippen molar-refractivity contribution < 1.29 is 19.8 Å². The van der Waals surface area contributed by atoms with Gasteiger partial charge in [0.2, 0.25) is 0 Å². The van der Waals surface area contributed by atoms with E-state index in [1.54, 1.807) is 17.0 Å². The van der Waals surface area contributed by atoms with Gasteiger partial charge in [0, 0.05) is 25.4 Å². The molecule has 0 unspecified atom stereocenters. The van der Waals surface area contributed by atoms with Gasteiger partial charge < -0.3 is 20.4 Å². The number of aromatic carboxylic acids is 1. The fourth-order valence-electron chi connectivity index (χ4n) is 1.60. The maximum Gasteiger partial charge on any atom is 0.335 e. The molecule has 0 aromatic heterocycles. The first kappa shape index (κ1) is 15.0. The minimum Gasteiger partial charge on any atom is -0.478 e. The van der Waals surface area contributed by atoms with E-state index in [0.717, 1.165) is 0 Å². The van der Waals surface area contributed by atoms with Gasteiger partial charge in [-0.15, -0.1) is 0 Å². The topological polar surface area (TPSA) is 89.9 Å². The molecular weight excluding hydrogens is 248 g/mol. The van der Waals surface area contributed by atoms with Gasteiger partial charge in [0.15, 0.2) is 0 Å². The molecule has 0 atom stereocenters. The third-order valence-electron chi connectivity index (χ3n) is 2.62. The Morgan fingerprint density at radius 1 is 1.37 bits per heavy atom. The maximum absolute atomic E-state index is 11.9. The van der Waals surface area contributed by atoms with Gasteiger partial charge in [-0.3, -0.25) is 0 Å². The van der Waals surface area contributed by atoms with Crippen LogP contribution in [0.1, 0.15) is 23.7 Å². The Kier molecular flexibility index (Phi) is 5.81. The van der Waals surface area contributed by atoms with E-state index in [0.29, 0.717) is 25.2 Å². The number of anilines is 1. The molecule has 6 nitrogen and oxygen atoms in total. The molecule has 0 radical (unpaired) electrons. The number of urea groups is 1. The molecule has 0 fully saturated rings. The fourth-order valence-corrected chi connectivity index (χ4v) is 1.60. The highest BCUT2D eigenvalue weighted by Crippen LogP contribution is 2.11. The first-order chi connectivity index (χ1) is 9.08. The van der Waals surface area contributed by atoms with Crippen LogP contribution in [0.15, 0.2) is 24.3 Å². The number of rotatable bonds is 6. The Hall–Kier alpha value is -2.08. The zero-order valence-corrected chi connectivity index (χ0v) is 10.8. The number of benzene rings is 1. The van der Waals surface area contributed by atoms with Crippen molar-refractivity contribution in [3.05, 3.63) is 29.8 Å².